The van der Waals surface area contributed by atoms with Crippen molar-refractivity contribution in [3.8, 4) is 11.5 Å². The smallest absolute Gasteiger partial charge is 0.319 e. The van der Waals surface area contributed by atoms with Gasteiger partial charge in [0.25, 0.3) is 0 Å². The molecule has 0 spiro atoms. The molecule has 2 rings (SSSR count). The van der Waals surface area contributed by atoms with Crippen molar-refractivity contribution in [3.63, 3.8) is 0 Å². The van der Waals surface area contributed by atoms with Crippen LogP contribution in [-0.2, 0) is 44.9 Å². The van der Waals surface area contributed by atoms with Crippen molar-refractivity contribution in [1.82, 2.24) is 0 Å². The van der Waals surface area contributed by atoms with Gasteiger partial charge in [-0.3, -0.25) is 14.2 Å². The fraction of sp³-hybridized carbons (Fsp3) is 0.632. The average Bonchev–Trinajstić information content (AvgIpc) is 2.89. The van der Waals surface area contributed by atoms with Crippen molar-refractivity contribution < 1.29 is 33.4 Å². The Morgan fingerprint density at radius 2 is 0.771 bits per heavy atom. The summed E-state index contributed by atoms with van der Waals surface area (Å²) in [7, 11) is -3.13. The summed E-state index contributed by atoms with van der Waals surface area (Å²) in [5, 5.41) is 22.1. The summed E-state index contributed by atoms with van der Waals surface area (Å²) in [6.07, 6.45) is 0. The van der Waals surface area contributed by atoms with Crippen LogP contribution in [0.2, 0.25) is 0 Å². The Balaban J connectivity index is 2.11. The molecule has 270 valence electrons. The lowest BCUT2D eigenvalue weighted by atomic mass is 9.79. The van der Waals surface area contributed by atoms with Crippen LogP contribution in [0, 0.1) is 0 Å². The van der Waals surface area contributed by atoms with Crippen molar-refractivity contribution in [2.75, 3.05) is 13.2 Å². The number of aromatic hydroxyl groups is 2. The van der Waals surface area contributed by atoms with Gasteiger partial charge in [0.1, 0.15) is 24.7 Å². The van der Waals surface area contributed by atoms with Crippen LogP contribution < -0.4 is 0 Å². The molecule has 0 saturated heterocycles. The Kier molecular flexibility index (Phi) is 13.1. The van der Waals surface area contributed by atoms with E-state index in [1.165, 1.54) is 23.5 Å². The molecule has 0 aliphatic rings. The molecule has 0 bridgehead atoms. The van der Waals surface area contributed by atoms with Gasteiger partial charge in [0, 0.05) is 32.0 Å². The largest absolute Gasteiger partial charge is 0.507 e. The summed E-state index contributed by atoms with van der Waals surface area (Å²) in [5.74, 6) is -0.0240. The second-order valence-corrected chi connectivity index (χ2v) is 22.1. The summed E-state index contributed by atoms with van der Waals surface area (Å²) in [6.45, 7) is 30.7. The normalized spacial score (nSPS) is 13.7. The zero-order valence-corrected chi connectivity index (χ0v) is 34.6. The van der Waals surface area contributed by atoms with E-state index < -0.39 is 31.0 Å². The number of benzene rings is 2. The van der Waals surface area contributed by atoms with Crippen LogP contribution in [0.3, 0.4) is 0 Å². The fourth-order valence-corrected chi connectivity index (χ4v) is 7.77. The number of carbonyl (C=O) groups excluding carboxylic acids is 2. The number of carbonyl (C=O) groups is 2. The number of phenols is 2. The number of hydrogen-bond acceptors (Lipinski definition) is 9. The van der Waals surface area contributed by atoms with Gasteiger partial charge in [-0.1, -0.05) is 83.1 Å². The first-order chi connectivity index (χ1) is 21.4. The van der Waals surface area contributed by atoms with E-state index in [2.05, 4.69) is 0 Å². The fourth-order valence-electron chi connectivity index (χ4n) is 4.96. The lowest BCUT2D eigenvalue weighted by Gasteiger charge is -2.30. The van der Waals surface area contributed by atoms with Crippen LogP contribution in [0.4, 0.5) is 0 Å². The molecule has 0 unspecified atom stereocenters. The molecule has 0 amide bonds. The van der Waals surface area contributed by atoms with Gasteiger partial charge in [-0.25, -0.2) is 0 Å². The molecular formula is C38H59O7PS2. The molecule has 48 heavy (non-hydrogen) atoms. The third-order valence-corrected chi connectivity index (χ3v) is 11.3. The van der Waals surface area contributed by atoms with Crippen molar-refractivity contribution in [2.24, 2.45) is 0 Å². The number of ketones is 2. The third-order valence-electron chi connectivity index (χ3n) is 8.13. The van der Waals surface area contributed by atoms with E-state index in [0.717, 1.165) is 32.0 Å². The minimum Gasteiger partial charge on any atom is -0.507 e. The number of phenolic OH excluding ortho intramolecular Hbond substituents is 2. The number of hydrogen-bond donors (Lipinski definition) is 2. The molecule has 0 radical (unpaired) electrons. The topological polar surface area (TPSA) is 110 Å². The van der Waals surface area contributed by atoms with E-state index >= 15 is 0 Å². The van der Waals surface area contributed by atoms with E-state index in [9.17, 15) is 24.4 Å². The molecule has 2 N–H and O–H groups in total. The second-order valence-electron chi connectivity index (χ2n) is 17.6. The molecular weight excluding hydrogens is 664 g/mol. The Morgan fingerprint density at radius 1 is 0.542 bits per heavy atom. The first-order valence-electron chi connectivity index (χ1n) is 16.4. The molecule has 0 aromatic heterocycles. The first kappa shape index (κ1) is 42.4. The van der Waals surface area contributed by atoms with E-state index in [0.29, 0.717) is 0 Å². The molecule has 0 fully saturated rings. The van der Waals surface area contributed by atoms with Gasteiger partial charge in [0.05, 0.1) is 9.49 Å². The van der Waals surface area contributed by atoms with Gasteiger partial charge >= 0.3 is 8.25 Å². The Hall–Kier alpha value is -1.77. The molecule has 0 heterocycles. The molecule has 2 aromatic carbocycles. The number of Topliss-reactive ketones (excluding diaryl/α,β-unsaturated/α-hetero) is 2. The van der Waals surface area contributed by atoms with Gasteiger partial charge < -0.3 is 19.3 Å². The first-order valence-corrected chi connectivity index (χ1v) is 19.2. The van der Waals surface area contributed by atoms with E-state index in [1.54, 1.807) is 27.7 Å². The van der Waals surface area contributed by atoms with Gasteiger partial charge in [0.2, 0.25) is 0 Å². The van der Waals surface area contributed by atoms with Crippen LogP contribution in [0.1, 0.15) is 133 Å². The van der Waals surface area contributed by atoms with Crippen LogP contribution in [0.25, 0.3) is 0 Å². The van der Waals surface area contributed by atoms with Crippen LogP contribution >= 0.6 is 31.8 Å². The molecule has 10 heteroatoms. The third kappa shape index (κ3) is 11.1. The predicted molar refractivity (Wildman–Crippen MR) is 202 cm³/mol. The van der Waals surface area contributed by atoms with E-state index in [-0.39, 0.29) is 44.7 Å². The van der Waals surface area contributed by atoms with E-state index in [4.69, 9.17) is 9.05 Å². The molecule has 0 atom stereocenters. The predicted octanol–water partition coefficient (Wildman–Crippen LogP) is 10.3. The minimum absolute atomic E-state index is 0.270. The second kappa shape index (κ2) is 14.8. The van der Waals surface area contributed by atoms with Crippen LogP contribution in [-0.4, -0.2) is 44.5 Å². The molecule has 0 aliphatic heterocycles. The zero-order chi connectivity index (χ0) is 37.4. The molecule has 2 aromatic rings. The summed E-state index contributed by atoms with van der Waals surface area (Å²) < 4.78 is 21.5. The maximum atomic E-state index is 13.3. The lowest BCUT2D eigenvalue weighted by molar-refractivity contribution is -0.123. The highest BCUT2D eigenvalue weighted by Gasteiger charge is 2.34. The van der Waals surface area contributed by atoms with Crippen molar-refractivity contribution >= 4 is 43.3 Å². The molecule has 7 nitrogen and oxygen atoms in total. The summed E-state index contributed by atoms with van der Waals surface area (Å²) >= 11 is 2.72. The van der Waals surface area contributed by atoms with Gasteiger partial charge in [-0.15, -0.1) is 23.5 Å². The molecule has 0 aliphatic carbocycles. The number of thioether (sulfide) groups is 2. The highest BCUT2D eigenvalue weighted by molar-refractivity contribution is 8.01. The lowest BCUT2D eigenvalue weighted by Crippen LogP contribution is -2.32. The summed E-state index contributed by atoms with van der Waals surface area (Å²) in [5.41, 5.74) is 1.96. The summed E-state index contributed by atoms with van der Waals surface area (Å²) in [4.78, 5) is 28.2. The van der Waals surface area contributed by atoms with Crippen LogP contribution in [0.15, 0.2) is 34.1 Å². The van der Waals surface area contributed by atoms with Gasteiger partial charge in [-0.05, 0) is 73.6 Å². The van der Waals surface area contributed by atoms with Crippen LogP contribution in [0.5, 0.6) is 11.5 Å². The minimum atomic E-state index is -3.13. The van der Waals surface area contributed by atoms with Crippen molar-refractivity contribution in [2.45, 2.75) is 152 Å². The van der Waals surface area contributed by atoms with E-state index in [1.807, 2.05) is 107 Å². The highest BCUT2D eigenvalue weighted by atomic mass is 32.2. The van der Waals surface area contributed by atoms with Crippen molar-refractivity contribution in [1.29, 1.82) is 0 Å². The highest BCUT2D eigenvalue weighted by Crippen LogP contribution is 2.46. The number of rotatable bonds is 12. The quantitative estimate of drug-likeness (QED) is 0.163. The Bertz CT molecular complexity index is 1350. The standard InChI is InChI=1S/C38H59O7PS2/c1-33(2,3)25-17-23(18-26(31(25)41)34(4,5)6)47-37(13,14)29(39)21-44-46(43)45-22-30(40)38(15,16)48-24-19-27(35(7,8)9)32(42)28(20-24)36(10,11)12/h17-20,41-42,46H,21-22H2,1-16H3. The average molecular weight is 723 g/mol. The SMILES string of the molecule is CC(C)(Sc1cc(C(C)(C)C)c(O)c(C(C)(C)C)c1)C(=O)CO[PH](=O)OCC(=O)C(C)(C)Sc1cc(C(C)(C)C)c(O)c(C(C)(C)C)c1. The van der Waals surface area contributed by atoms with Gasteiger partial charge in [0.15, 0.2) is 11.6 Å². The van der Waals surface area contributed by atoms with Crippen molar-refractivity contribution in [3.05, 3.63) is 46.5 Å². The Labute approximate surface area is 298 Å². The monoisotopic (exact) mass is 722 g/mol. The molecule has 0 saturated carbocycles. The summed E-state index contributed by atoms with van der Waals surface area (Å²) in [6, 6.07) is 7.70. The zero-order valence-electron chi connectivity index (χ0n) is 32.0. The van der Waals surface area contributed by atoms with Gasteiger partial charge in [-0.2, -0.15) is 0 Å². The maximum Gasteiger partial charge on any atom is 0.319 e. The maximum absolute atomic E-state index is 13.3. The Morgan fingerprint density at radius 3 is 0.979 bits per heavy atom.